The molecule has 0 saturated carbocycles. The maximum Gasteiger partial charge on any atom is 0.264 e. The number of H-pyrrole nitrogens is 1. The van der Waals surface area contributed by atoms with Crippen molar-refractivity contribution in [2.75, 3.05) is 5.88 Å². The first-order valence-electron chi connectivity index (χ1n) is 5.12. The van der Waals surface area contributed by atoms with Crippen LogP contribution in [0.25, 0.3) is 0 Å². The maximum atomic E-state index is 11.1. The van der Waals surface area contributed by atoms with E-state index in [4.69, 9.17) is 11.6 Å². The van der Waals surface area contributed by atoms with Gasteiger partial charge in [-0.3, -0.25) is 9.59 Å². The number of aromatic amines is 1. The number of carbonyl (C=O) groups excluding carboxylic acids is 1. The third-order valence-electron chi connectivity index (χ3n) is 2.66. The predicted molar refractivity (Wildman–Crippen MR) is 66.8 cm³/mol. The molecule has 1 amide bonds. The second-order valence-electron chi connectivity index (χ2n) is 3.84. The minimum Gasteiger partial charge on any atom is -0.352 e. The van der Waals surface area contributed by atoms with E-state index in [2.05, 4.69) is 15.5 Å². The first kappa shape index (κ1) is 14.0. The van der Waals surface area contributed by atoms with Crippen LogP contribution in [-0.2, 0) is 17.6 Å². The summed E-state index contributed by atoms with van der Waals surface area (Å²) in [4.78, 5) is 22.2. The highest BCUT2D eigenvalue weighted by Crippen LogP contribution is 2.17. The summed E-state index contributed by atoms with van der Waals surface area (Å²) in [5, 5.41) is 9.21. The topological polar surface area (TPSA) is 74.8 Å². The van der Waals surface area contributed by atoms with Crippen LogP contribution in [0.15, 0.2) is 10.9 Å². The van der Waals surface area contributed by atoms with Gasteiger partial charge in [-0.1, -0.05) is 0 Å². The number of aromatic nitrogens is 2. The van der Waals surface area contributed by atoms with Crippen molar-refractivity contribution < 1.29 is 4.79 Å². The molecule has 2 rings (SSSR count). The zero-order valence-corrected chi connectivity index (χ0v) is 10.6. The summed E-state index contributed by atoms with van der Waals surface area (Å²) in [6.45, 7) is 0. The Balaban J connectivity index is 0.00000144. The molecule has 0 aromatic carbocycles. The van der Waals surface area contributed by atoms with Gasteiger partial charge in [-0.05, 0) is 24.8 Å². The fourth-order valence-corrected chi connectivity index (χ4v) is 2.01. The largest absolute Gasteiger partial charge is 0.352 e. The zero-order valence-electron chi connectivity index (χ0n) is 9.03. The van der Waals surface area contributed by atoms with Gasteiger partial charge in [0.25, 0.3) is 5.56 Å². The Labute approximate surface area is 109 Å². The number of aryl methyl sites for hydroxylation is 1. The molecule has 1 aromatic rings. The number of nitrogens with zero attached hydrogens (tertiary/aromatic N) is 1. The predicted octanol–water partition coefficient (Wildman–Crippen LogP) is 0.404. The monoisotopic (exact) mass is 277 g/mol. The van der Waals surface area contributed by atoms with Crippen LogP contribution in [0.4, 0.5) is 0 Å². The highest BCUT2D eigenvalue weighted by atomic mass is 35.5. The highest BCUT2D eigenvalue weighted by molar-refractivity contribution is 6.27. The van der Waals surface area contributed by atoms with E-state index in [0.717, 1.165) is 24.1 Å². The molecule has 0 bridgehead atoms. The van der Waals surface area contributed by atoms with Crippen molar-refractivity contribution in [1.82, 2.24) is 15.5 Å². The third kappa shape index (κ3) is 3.44. The molecule has 0 spiro atoms. The first-order valence-corrected chi connectivity index (χ1v) is 5.65. The Morgan fingerprint density at radius 2 is 2.41 bits per heavy atom. The average molecular weight is 278 g/mol. The summed E-state index contributed by atoms with van der Waals surface area (Å²) < 4.78 is 0. The molecule has 0 fully saturated rings. The molecule has 1 heterocycles. The average Bonchev–Trinajstić information content (AvgIpc) is 2.28. The fraction of sp³-hybridized carbons (Fsp3) is 0.500. The highest BCUT2D eigenvalue weighted by Gasteiger charge is 2.21. The van der Waals surface area contributed by atoms with Crippen molar-refractivity contribution >= 4 is 29.9 Å². The molecular weight excluding hydrogens is 265 g/mol. The van der Waals surface area contributed by atoms with Crippen LogP contribution < -0.4 is 10.9 Å². The molecule has 17 heavy (non-hydrogen) atoms. The van der Waals surface area contributed by atoms with Gasteiger partial charge in [-0.15, -0.1) is 24.0 Å². The Kier molecular flexibility index (Phi) is 4.96. The van der Waals surface area contributed by atoms with Gasteiger partial charge in [-0.25, -0.2) is 5.10 Å². The minimum absolute atomic E-state index is 0. The second kappa shape index (κ2) is 6.02. The fourth-order valence-electron chi connectivity index (χ4n) is 1.93. The quantitative estimate of drug-likeness (QED) is 0.769. The zero-order chi connectivity index (χ0) is 11.5. The molecule has 1 aromatic heterocycles. The summed E-state index contributed by atoms with van der Waals surface area (Å²) in [5.74, 6) is -0.204. The number of hydrogen-bond donors (Lipinski definition) is 2. The van der Waals surface area contributed by atoms with E-state index in [9.17, 15) is 9.59 Å². The van der Waals surface area contributed by atoms with Crippen LogP contribution in [0.3, 0.4) is 0 Å². The Hall–Kier alpha value is -1.07. The first-order chi connectivity index (χ1) is 7.69. The number of halogens is 2. The molecule has 0 saturated heterocycles. The number of hydrogen-bond acceptors (Lipinski definition) is 3. The van der Waals surface area contributed by atoms with Gasteiger partial charge in [0, 0.05) is 12.1 Å². The number of amides is 1. The molecule has 1 atom stereocenters. The third-order valence-corrected chi connectivity index (χ3v) is 2.90. The maximum absolute atomic E-state index is 11.1. The van der Waals surface area contributed by atoms with E-state index >= 15 is 0 Å². The number of rotatable bonds is 2. The lowest BCUT2D eigenvalue weighted by molar-refractivity contribution is -0.119. The Bertz CT molecular complexity index is 461. The summed E-state index contributed by atoms with van der Waals surface area (Å²) >= 11 is 5.42. The van der Waals surface area contributed by atoms with Crippen molar-refractivity contribution in [3.63, 3.8) is 0 Å². The lowest BCUT2D eigenvalue weighted by atomic mass is 9.92. The van der Waals surface area contributed by atoms with Gasteiger partial charge in [0.15, 0.2) is 0 Å². The van der Waals surface area contributed by atoms with E-state index in [-0.39, 0.29) is 35.8 Å². The number of nitrogens with one attached hydrogen (secondary N) is 2. The summed E-state index contributed by atoms with van der Waals surface area (Å²) in [6.07, 6.45) is 2.24. The number of carbonyl (C=O) groups is 1. The Morgan fingerprint density at radius 3 is 3.12 bits per heavy atom. The van der Waals surface area contributed by atoms with E-state index in [1.807, 2.05) is 0 Å². The molecule has 94 valence electrons. The van der Waals surface area contributed by atoms with Gasteiger partial charge in [-0.2, -0.15) is 5.10 Å². The number of fused-ring (bicyclic) bond motifs is 1. The molecule has 5 nitrogen and oxygen atoms in total. The van der Waals surface area contributed by atoms with Gasteiger partial charge in [0.2, 0.25) is 5.91 Å². The van der Waals surface area contributed by atoms with Crippen LogP contribution >= 0.6 is 24.0 Å². The van der Waals surface area contributed by atoms with Crippen molar-refractivity contribution in [2.45, 2.75) is 25.3 Å². The molecule has 1 aliphatic rings. The minimum atomic E-state index is -0.205. The summed E-state index contributed by atoms with van der Waals surface area (Å²) in [5.41, 5.74) is 1.62. The molecule has 0 radical (unpaired) electrons. The molecule has 1 unspecified atom stereocenters. The van der Waals surface area contributed by atoms with Crippen LogP contribution in [0.1, 0.15) is 17.7 Å². The summed E-state index contributed by atoms with van der Waals surface area (Å²) in [6, 6.07) is 1.60. The molecule has 7 heteroatoms. The second-order valence-corrected chi connectivity index (χ2v) is 4.11. The van der Waals surface area contributed by atoms with Crippen LogP contribution in [0.5, 0.6) is 0 Å². The van der Waals surface area contributed by atoms with E-state index in [0.29, 0.717) is 6.42 Å². The summed E-state index contributed by atoms with van der Waals surface area (Å²) in [7, 11) is 0. The molecule has 2 N–H and O–H groups in total. The standard InChI is InChI=1S/C10H12ClN3O2.ClH/c11-5-10(16)12-7-1-2-8-6(3-7)4-9(15)14-13-8;/h4,7H,1-3,5H2,(H,12,16)(H,14,15);1H. The van der Waals surface area contributed by atoms with Crippen LogP contribution in [0.2, 0.25) is 0 Å². The molecule has 1 aliphatic carbocycles. The van der Waals surface area contributed by atoms with E-state index < -0.39 is 0 Å². The van der Waals surface area contributed by atoms with Gasteiger partial charge in [0.1, 0.15) is 5.88 Å². The smallest absolute Gasteiger partial charge is 0.264 e. The van der Waals surface area contributed by atoms with Gasteiger partial charge >= 0.3 is 0 Å². The molecule has 0 aliphatic heterocycles. The van der Waals surface area contributed by atoms with Gasteiger partial charge < -0.3 is 5.32 Å². The lowest BCUT2D eigenvalue weighted by Gasteiger charge is -2.23. The van der Waals surface area contributed by atoms with E-state index in [1.165, 1.54) is 0 Å². The van der Waals surface area contributed by atoms with Gasteiger partial charge in [0.05, 0.1) is 5.69 Å². The van der Waals surface area contributed by atoms with Crippen LogP contribution in [-0.4, -0.2) is 28.0 Å². The van der Waals surface area contributed by atoms with Crippen molar-refractivity contribution in [3.05, 3.63) is 27.7 Å². The SMILES string of the molecule is Cl.O=C(CCl)NC1CCc2n[nH]c(=O)cc2C1. The Morgan fingerprint density at radius 1 is 1.65 bits per heavy atom. The normalized spacial score (nSPS) is 17.8. The van der Waals surface area contributed by atoms with Crippen molar-refractivity contribution in [1.29, 1.82) is 0 Å². The van der Waals surface area contributed by atoms with Crippen molar-refractivity contribution in [2.24, 2.45) is 0 Å². The molecular formula is C10H13Cl2N3O2. The van der Waals surface area contributed by atoms with Crippen molar-refractivity contribution in [3.8, 4) is 0 Å². The number of alkyl halides is 1. The van der Waals surface area contributed by atoms with E-state index in [1.54, 1.807) is 6.07 Å². The van der Waals surface area contributed by atoms with Crippen LogP contribution in [0, 0.1) is 0 Å². The lowest BCUT2D eigenvalue weighted by Crippen LogP contribution is -2.40.